The molecule has 0 atom stereocenters. The van der Waals surface area contributed by atoms with E-state index in [0.717, 1.165) is 6.42 Å². The number of hydrogen-bond donors (Lipinski definition) is 0. The number of hydrogen-bond acceptors (Lipinski definition) is 2. The number of benzene rings is 1. The van der Waals surface area contributed by atoms with Crippen LogP contribution >= 0.6 is 15.9 Å². The lowest BCUT2D eigenvalue weighted by Crippen LogP contribution is -2.08. The van der Waals surface area contributed by atoms with E-state index in [1.54, 1.807) is 12.1 Å². The number of Topliss-reactive ketones (excluding diaryl/α,β-unsaturated/α-hetero) is 1. The minimum absolute atomic E-state index is 0.00215. The van der Waals surface area contributed by atoms with Crippen LogP contribution in [0, 0.1) is 5.82 Å². The van der Waals surface area contributed by atoms with Gasteiger partial charge in [-0.15, -0.1) is 0 Å². The Hall–Kier alpha value is -0.740. The van der Waals surface area contributed by atoms with Crippen molar-refractivity contribution in [3.63, 3.8) is 0 Å². The van der Waals surface area contributed by atoms with E-state index in [1.165, 1.54) is 6.07 Å². The van der Waals surface area contributed by atoms with E-state index in [9.17, 15) is 9.18 Å². The van der Waals surface area contributed by atoms with Crippen LogP contribution in [0.4, 0.5) is 4.39 Å². The molecule has 1 rings (SSSR count). The molecule has 4 heteroatoms. The first-order chi connectivity index (χ1) is 8.13. The maximum absolute atomic E-state index is 13.4. The Morgan fingerprint density at radius 2 is 2.18 bits per heavy atom. The van der Waals surface area contributed by atoms with Crippen molar-refractivity contribution in [1.29, 1.82) is 0 Å². The number of ether oxygens (including phenoxy) is 1. The highest BCUT2D eigenvalue weighted by molar-refractivity contribution is 9.10. The van der Waals surface area contributed by atoms with Gasteiger partial charge in [0.1, 0.15) is 11.6 Å². The van der Waals surface area contributed by atoms with Crippen LogP contribution in [0.1, 0.15) is 25.3 Å². The predicted molar refractivity (Wildman–Crippen MR) is 68.5 cm³/mol. The normalized spacial score (nSPS) is 10.5. The van der Waals surface area contributed by atoms with Crippen LogP contribution in [0.25, 0.3) is 0 Å². The highest BCUT2D eigenvalue weighted by Crippen LogP contribution is 2.16. The molecule has 0 saturated carbocycles. The molecule has 94 valence electrons. The average molecular weight is 303 g/mol. The van der Waals surface area contributed by atoms with Gasteiger partial charge in [-0.1, -0.05) is 28.9 Å². The SMILES string of the molecule is CCCOCCC(=O)Cc1ccc(Br)cc1F. The fourth-order valence-corrected chi connectivity index (χ4v) is 1.73. The van der Waals surface area contributed by atoms with Gasteiger partial charge in [-0.25, -0.2) is 4.39 Å². The Morgan fingerprint density at radius 1 is 1.41 bits per heavy atom. The van der Waals surface area contributed by atoms with Gasteiger partial charge in [-0.3, -0.25) is 4.79 Å². The van der Waals surface area contributed by atoms with Crippen LogP contribution in [0.3, 0.4) is 0 Å². The van der Waals surface area contributed by atoms with Gasteiger partial charge >= 0.3 is 0 Å². The van der Waals surface area contributed by atoms with E-state index in [1.807, 2.05) is 6.92 Å². The maximum atomic E-state index is 13.4. The summed E-state index contributed by atoms with van der Waals surface area (Å²) in [5, 5.41) is 0. The third-order valence-electron chi connectivity index (χ3n) is 2.28. The smallest absolute Gasteiger partial charge is 0.139 e. The molecule has 0 unspecified atom stereocenters. The van der Waals surface area contributed by atoms with E-state index in [-0.39, 0.29) is 18.0 Å². The molecule has 0 N–H and O–H groups in total. The molecule has 1 aromatic rings. The quantitative estimate of drug-likeness (QED) is 0.720. The Kier molecular flexibility index (Phi) is 6.37. The van der Waals surface area contributed by atoms with E-state index >= 15 is 0 Å². The van der Waals surface area contributed by atoms with Crippen molar-refractivity contribution in [3.8, 4) is 0 Å². The lowest BCUT2D eigenvalue weighted by Gasteiger charge is -2.04. The summed E-state index contributed by atoms with van der Waals surface area (Å²) in [5.74, 6) is -0.343. The highest BCUT2D eigenvalue weighted by atomic mass is 79.9. The summed E-state index contributed by atoms with van der Waals surface area (Å²) in [5.41, 5.74) is 0.439. The zero-order valence-corrected chi connectivity index (χ0v) is 11.4. The average Bonchev–Trinajstić information content (AvgIpc) is 2.28. The second kappa shape index (κ2) is 7.56. The Labute approximate surface area is 109 Å². The highest BCUT2D eigenvalue weighted by Gasteiger charge is 2.08. The van der Waals surface area contributed by atoms with Crippen LogP contribution in [0.15, 0.2) is 22.7 Å². The Bertz CT molecular complexity index is 380. The summed E-state index contributed by atoms with van der Waals surface area (Å²) >= 11 is 3.18. The van der Waals surface area contributed by atoms with Gasteiger partial charge in [0, 0.05) is 23.9 Å². The number of carbonyl (C=O) groups is 1. The van der Waals surface area contributed by atoms with Crippen LogP contribution in [0.5, 0.6) is 0 Å². The minimum atomic E-state index is -0.345. The summed E-state index contributed by atoms with van der Waals surface area (Å²) in [6.07, 6.45) is 1.42. The Morgan fingerprint density at radius 3 is 2.82 bits per heavy atom. The maximum Gasteiger partial charge on any atom is 0.139 e. The first kappa shape index (κ1) is 14.3. The third-order valence-corrected chi connectivity index (χ3v) is 2.77. The van der Waals surface area contributed by atoms with Crippen molar-refractivity contribution in [2.45, 2.75) is 26.2 Å². The van der Waals surface area contributed by atoms with Crippen LogP contribution in [-0.2, 0) is 16.0 Å². The van der Waals surface area contributed by atoms with Crippen LogP contribution in [0.2, 0.25) is 0 Å². The van der Waals surface area contributed by atoms with Gasteiger partial charge in [0.25, 0.3) is 0 Å². The largest absolute Gasteiger partial charge is 0.381 e. The predicted octanol–water partition coefficient (Wildman–Crippen LogP) is 3.52. The van der Waals surface area contributed by atoms with Gasteiger partial charge in [0.05, 0.1) is 6.61 Å². The zero-order valence-electron chi connectivity index (χ0n) is 9.84. The van der Waals surface area contributed by atoms with Crippen LogP contribution in [-0.4, -0.2) is 19.0 Å². The first-order valence-corrected chi connectivity index (χ1v) is 6.46. The molecular formula is C13H16BrFO2. The van der Waals surface area contributed by atoms with Crippen molar-refractivity contribution in [2.24, 2.45) is 0 Å². The van der Waals surface area contributed by atoms with E-state index in [2.05, 4.69) is 15.9 Å². The molecule has 1 aromatic carbocycles. The summed E-state index contributed by atoms with van der Waals surface area (Å²) in [6, 6.07) is 4.74. The van der Waals surface area contributed by atoms with Gasteiger partial charge in [-0.2, -0.15) is 0 Å². The monoisotopic (exact) mass is 302 g/mol. The lowest BCUT2D eigenvalue weighted by molar-refractivity contribution is -0.119. The van der Waals surface area contributed by atoms with E-state index in [4.69, 9.17) is 4.74 Å². The molecule has 0 heterocycles. The number of rotatable bonds is 7. The summed E-state index contributed by atoms with van der Waals surface area (Å²) in [4.78, 5) is 11.6. The summed E-state index contributed by atoms with van der Waals surface area (Å²) in [6.45, 7) is 3.10. The fraction of sp³-hybridized carbons (Fsp3) is 0.462. The van der Waals surface area contributed by atoms with Gasteiger partial charge < -0.3 is 4.74 Å². The van der Waals surface area contributed by atoms with Crippen LogP contribution < -0.4 is 0 Å². The Balaban J connectivity index is 2.40. The molecule has 0 spiro atoms. The molecule has 0 aromatic heterocycles. The number of ketones is 1. The first-order valence-electron chi connectivity index (χ1n) is 5.67. The lowest BCUT2D eigenvalue weighted by atomic mass is 10.1. The molecule has 0 aliphatic carbocycles. The standard InChI is InChI=1S/C13H16BrFO2/c1-2-6-17-7-5-12(16)8-10-3-4-11(14)9-13(10)15/h3-4,9H,2,5-8H2,1H3. The molecule has 2 nitrogen and oxygen atoms in total. The molecule has 0 amide bonds. The molecule has 0 saturated heterocycles. The molecular weight excluding hydrogens is 287 g/mol. The molecule has 17 heavy (non-hydrogen) atoms. The number of halogens is 2. The minimum Gasteiger partial charge on any atom is -0.381 e. The van der Waals surface area contributed by atoms with Crippen molar-refractivity contribution in [3.05, 3.63) is 34.1 Å². The fourth-order valence-electron chi connectivity index (χ4n) is 1.40. The molecule has 0 bridgehead atoms. The summed E-state index contributed by atoms with van der Waals surface area (Å²) in [7, 11) is 0. The van der Waals surface area contributed by atoms with Crippen molar-refractivity contribution < 1.29 is 13.9 Å². The van der Waals surface area contributed by atoms with E-state index in [0.29, 0.717) is 29.7 Å². The third kappa shape index (κ3) is 5.41. The molecule has 0 fully saturated rings. The van der Waals surface area contributed by atoms with Crippen molar-refractivity contribution in [2.75, 3.05) is 13.2 Å². The molecule has 0 radical (unpaired) electrons. The topological polar surface area (TPSA) is 26.3 Å². The van der Waals surface area contributed by atoms with Gasteiger partial charge in [0.2, 0.25) is 0 Å². The molecule has 0 aliphatic heterocycles. The zero-order chi connectivity index (χ0) is 12.7. The second-order valence-electron chi connectivity index (χ2n) is 3.81. The van der Waals surface area contributed by atoms with Crippen molar-refractivity contribution in [1.82, 2.24) is 0 Å². The van der Waals surface area contributed by atoms with Gasteiger partial charge in [-0.05, 0) is 24.1 Å². The van der Waals surface area contributed by atoms with E-state index < -0.39 is 0 Å². The second-order valence-corrected chi connectivity index (χ2v) is 4.73. The summed E-state index contributed by atoms with van der Waals surface area (Å²) < 4.78 is 19.3. The number of carbonyl (C=O) groups excluding carboxylic acids is 1. The molecule has 0 aliphatic rings. The van der Waals surface area contributed by atoms with Gasteiger partial charge in [0.15, 0.2) is 0 Å². The van der Waals surface area contributed by atoms with Crippen molar-refractivity contribution >= 4 is 21.7 Å².